The lowest BCUT2D eigenvalue weighted by atomic mass is 10.2. The van der Waals surface area contributed by atoms with Gasteiger partial charge < -0.3 is 10.6 Å². The Bertz CT molecular complexity index is 483. The van der Waals surface area contributed by atoms with Crippen LogP contribution in [0.5, 0.6) is 0 Å². The van der Waals surface area contributed by atoms with Crippen molar-refractivity contribution in [3.8, 4) is 0 Å². The Balaban J connectivity index is 2.10. The van der Waals surface area contributed by atoms with E-state index in [1.165, 1.54) is 6.07 Å². The summed E-state index contributed by atoms with van der Waals surface area (Å²) in [5, 5.41) is 6.31. The summed E-state index contributed by atoms with van der Waals surface area (Å²) in [5.74, 6) is 0.692. The van der Waals surface area contributed by atoms with Crippen LogP contribution in [0.2, 0.25) is 0 Å². The average Bonchev–Trinajstić information content (AvgIpc) is 2.86. The molecule has 0 bridgehead atoms. The summed E-state index contributed by atoms with van der Waals surface area (Å²) in [6.07, 6.45) is 4.35. The topological polar surface area (TPSA) is 54.0 Å². The molecule has 0 aromatic carbocycles. The van der Waals surface area contributed by atoms with Crippen LogP contribution in [0.4, 0.5) is 10.2 Å². The quantitative estimate of drug-likeness (QED) is 0.877. The molecule has 1 aliphatic carbocycles. The van der Waals surface area contributed by atoms with E-state index in [4.69, 9.17) is 0 Å². The van der Waals surface area contributed by atoms with Crippen molar-refractivity contribution in [2.75, 3.05) is 18.1 Å². The molecule has 0 aliphatic heterocycles. The number of anilines is 1. The number of nitrogens with one attached hydrogen (secondary N) is 2. The number of pyridine rings is 1. The third-order valence-corrected chi connectivity index (χ3v) is 4.81. The van der Waals surface area contributed by atoms with E-state index in [0.717, 1.165) is 31.2 Å². The van der Waals surface area contributed by atoms with Crippen LogP contribution in [-0.2, 0) is 0 Å². The zero-order valence-corrected chi connectivity index (χ0v) is 12.6. The highest BCUT2D eigenvalue weighted by molar-refractivity contribution is 7.99. The van der Waals surface area contributed by atoms with Crippen molar-refractivity contribution >= 4 is 23.5 Å². The van der Waals surface area contributed by atoms with E-state index in [0.29, 0.717) is 11.1 Å². The van der Waals surface area contributed by atoms with Crippen molar-refractivity contribution in [2.45, 2.75) is 37.5 Å². The molecule has 1 aromatic rings. The summed E-state index contributed by atoms with van der Waals surface area (Å²) < 4.78 is 13.3. The second-order valence-corrected chi connectivity index (χ2v) is 6.32. The van der Waals surface area contributed by atoms with E-state index in [1.807, 2.05) is 11.8 Å². The molecule has 2 rings (SSSR count). The van der Waals surface area contributed by atoms with E-state index < -0.39 is 5.82 Å². The molecular formula is C14H20FN3OS. The Hall–Kier alpha value is -1.30. The van der Waals surface area contributed by atoms with Crippen molar-refractivity contribution in [1.82, 2.24) is 10.3 Å². The lowest BCUT2D eigenvalue weighted by Crippen LogP contribution is -2.39. The van der Waals surface area contributed by atoms with E-state index in [1.54, 1.807) is 7.05 Å². The second kappa shape index (κ2) is 6.92. The molecule has 1 saturated carbocycles. The molecule has 0 spiro atoms. The first-order chi connectivity index (χ1) is 9.65. The van der Waals surface area contributed by atoms with Crippen LogP contribution >= 0.6 is 11.8 Å². The first kappa shape index (κ1) is 15.1. The summed E-state index contributed by atoms with van der Waals surface area (Å²) in [5.41, 5.74) is 0.264. The molecule has 1 aromatic heterocycles. The highest BCUT2D eigenvalue weighted by Gasteiger charge is 2.29. The highest BCUT2D eigenvalue weighted by Crippen LogP contribution is 2.30. The number of carbonyl (C=O) groups excluding carboxylic acids is 1. The summed E-state index contributed by atoms with van der Waals surface area (Å²) >= 11 is 1.88. The zero-order valence-electron chi connectivity index (χ0n) is 11.8. The maximum atomic E-state index is 13.3. The molecule has 1 fully saturated rings. The number of amides is 1. The average molecular weight is 297 g/mol. The van der Waals surface area contributed by atoms with Crippen molar-refractivity contribution in [1.29, 1.82) is 0 Å². The SMILES string of the molecule is CCSC1CCCC1NC(=O)c1cc(F)cnc1NC. The summed E-state index contributed by atoms with van der Waals surface area (Å²) in [4.78, 5) is 16.2. The van der Waals surface area contributed by atoms with Crippen LogP contribution in [0.1, 0.15) is 36.5 Å². The number of rotatable bonds is 5. The molecule has 20 heavy (non-hydrogen) atoms. The lowest BCUT2D eigenvalue weighted by Gasteiger charge is -2.20. The van der Waals surface area contributed by atoms with Gasteiger partial charge in [-0.3, -0.25) is 4.79 Å². The van der Waals surface area contributed by atoms with Gasteiger partial charge >= 0.3 is 0 Å². The van der Waals surface area contributed by atoms with Crippen molar-refractivity contribution in [3.05, 3.63) is 23.6 Å². The number of hydrogen-bond donors (Lipinski definition) is 2. The molecule has 4 nitrogen and oxygen atoms in total. The number of halogens is 1. The van der Waals surface area contributed by atoms with E-state index in [9.17, 15) is 9.18 Å². The molecule has 1 heterocycles. The van der Waals surface area contributed by atoms with Crippen LogP contribution < -0.4 is 10.6 Å². The number of thioether (sulfide) groups is 1. The molecule has 1 aliphatic rings. The number of hydrogen-bond acceptors (Lipinski definition) is 4. The third kappa shape index (κ3) is 3.42. The maximum absolute atomic E-state index is 13.3. The fourth-order valence-electron chi connectivity index (χ4n) is 2.56. The monoisotopic (exact) mass is 297 g/mol. The van der Waals surface area contributed by atoms with Crippen molar-refractivity contribution in [3.63, 3.8) is 0 Å². The molecule has 2 atom stereocenters. The standard InChI is InChI=1S/C14H20FN3OS/c1-3-20-12-6-4-5-11(12)18-14(19)10-7-9(15)8-17-13(10)16-2/h7-8,11-12H,3-6H2,1-2H3,(H,16,17)(H,18,19). The van der Waals surface area contributed by atoms with Gasteiger partial charge in [0.15, 0.2) is 0 Å². The van der Waals surface area contributed by atoms with Crippen LogP contribution in [0.15, 0.2) is 12.3 Å². The van der Waals surface area contributed by atoms with Crippen molar-refractivity contribution < 1.29 is 9.18 Å². The fourth-order valence-corrected chi connectivity index (χ4v) is 3.76. The first-order valence-corrected chi connectivity index (χ1v) is 7.96. The first-order valence-electron chi connectivity index (χ1n) is 6.91. The predicted octanol–water partition coefficient (Wildman–Crippen LogP) is 2.67. The minimum absolute atomic E-state index is 0.167. The Morgan fingerprint density at radius 1 is 1.55 bits per heavy atom. The third-order valence-electron chi connectivity index (χ3n) is 3.49. The fraction of sp³-hybridized carbons (Fsp3) is 0.571. The van der Waals surface area contributed by atoms with Gasteiger partial charge in [-0.2, -0.15) is 11.8 Å². The molecule has 0 saturated heterocycles. The van der Waals surface area contributed by atoms with Gasteiger partial charge in [0, 0.05) is 18.3 Å². The summed E-state index contributed by atoms with van der Waals surface area (Å²) in [7, 11) is 1.67. The molecule has 2 unspecified atom stereocenters. The lowest BCUT2D eigenvalue weighted by molar-refractivity contribution is 0.0938. The van der Waals surface area contributed by atoms with Crippen LogP contribution in [0, 0.1) is 5.82 Å². The number of nitrogens with zero attached hydrogens (tertiary/aromatic N) is 1. The van der Waals surface area contributed by atoms with Gasteiger partial charge in [-0.1, -0.05) is 13.3 Å². The Kier molecular flexibility index (Phi) is 5.23. The second-order valence-electron chi connectivity index (χ2n) is 4.80. The number of aromatic nitrogens is 1. The van der Waals surface area contributed by atoms with Gasteiger partial charge in [0.25, 0.3) is 5.91 Å². The minimum atomic E-state index is -0.500. The van der Waals surface area contributed by atoms with Gasteiger partial charge in [0.05, 0.1) is 11.8 Å². The van der Waals surface area contributed by atoms with Crippen molar-refractivity contribution in [2.24, 2.45) is 0 Å². The summed E-state index contributed by atoms with van der Waals surface area (Å²) in [6, 6.07) is 1.39. The molecule has 2 N–H and O–H groups in total. The van der Waals surface area contributed by atoms with Gasteiger partial charge in [0.1, 0.15) is 11.6 Å². The Morgan fingerprint density at radius 3 is 3.05 bits per heavy atom. The van der Waals surface area contributed by atoms with Gasteiger partial charge in [-0.05, 0) is 24.7 Å². The van der Waals surface area contributed by atoms with E-state index >= 15 is 0 Å². The Labute approximate surface area is 122 Å². The van der Waals surface area contributed by atoms with Gasteiger partial charge in [0.2, 0.25) is 0 Å². The van der Waals surface area contributed by atoms with E-state index in [-0.39, 0.29) is 17.5 Å². The normalized spacial score (nSPS) is 21.8. The Morgan fingerprint density at radius 2 is 2.35 bits per heavy atom. The van der Waals surface area contributed by atoms with E-state index in [2.05, 4.69) is 22.5 Å². The minimum Gasteiger partial charge on any atom is -0.372 e. The van der Waals surface area contributed by atoms with Crippen LogP contribution in [0.25, 0.3) is 0 Å². The number of carbonyl (C=O) groups is 1. The molecule has 6 heteroatoms. The highest BCUT2D eigenvalue weighted by atomic mass is 32.2. The zero-order chi connectivity index (χ0) is 14.5. The molecule has 1 amide bonds. The largest absolute Gasteiger partial charge is 0.372 e. The summed E-state index contributed by atoms with van der Waals surface area (Å²) in [6.45, 7) is 2.12. The van der Waals surface area contributed by atoms with Gasteiger partial charge in [-0.15, -0.1) is 0 Å². The molecular weight excluding hydrogens is 277 g/mol. The van der Waals surface area contributed by atoms with Crippen LogP contribution in [-0.4, -0.2) is 35.0 Å². The van der Waals surface area contributed by atoms with Crippen LogP contribution in [0.3, 0.4) is 0 Å². The molecule has 0 radical (unpaired) electrons. The van der Waals surface area contributed by atoms with Gasteiger partial charge in [-0.25, -0.2) is 9.37 Å². The predicted molar refractivity (Wildman–Crippen MR) is 80.8 cm³/mol. The molecule has 110 valence electrons. The smallest absolute Gasteiger partial charge is 0.255 e. The maximum Gasteiger partial charge on any atom is 0.255 e.